The molecule has 1 N–H and O–H groups in total. The van der Waals surface area contributed by atoms with Crippen molar-refractivity contribution < 1.29 is 34.9 Å². The molecule has 0 aromatic rings. The molecule has 3 nitrogen and oxygen atoms in total. The highest BCUT2D eigenvalue weighted by Crippen LogP contribution is 2.28. The van der Waals surface area contributed by atoms with Crippen LogP contribution in [0.5, 0.6) is 0 Å². The van der Waals surface area contributed by atoms with E-state index in [2.05, 4.69) is 0 Å². The van der Waals surface area contributed by atoms with Crippen molar-refractivity contribution in [3.8, 4) is 0 Å². The number of alkyl halides is 5. The highest BCUT2D eigenvalue weighted by atomic mass is 32.2. The summed E-state index contributed by atoms with van der Waals surface area (Å²) in [6.07, 6.45) is -9.87. The summed E-state index contributed by atoms with van der Waals surface area (Å²) in [5.74, 6) is 0. The molecule has 0 aromatic heterocycles. The van der Waals surface area contributed by atoms with Crippen LogP contribution in [0, 0.1) is 0 Å². The number of hydrogen-bond donors (Lipinski definition) is 1. The summed E-state index contributed by atoms with van der Waals surface area (Å²) < 4.78 is 84.3. The summed E-state index contributed by atoms with van der Waals surface area (Å²) in [5, 5.41) is 0. The maximum absolute atomic E-state index is 11.9. The van der Waals surface area contributed by atoms with Gasteiger partial charge in [0, 0.05) is 0 Å². The van der Waals surface area contributed by atoms with Crippen molar-refractivity contribution in [2.24, 2.45) is 0 Å². The molecule has 0 aliphatic carbocycles. The number of rotatable bonds is 2. The average Bonchev–Trinajstić information content (AvgIpc) is 1.80. The van der Waals surface area contributed by atoms with Gasteiger partial charge in [0.15, 0.2) is 0 Å². The molecule has 0 amide bonds. The number of halogens is 5. The first-order chi connectivity index (χ1) is 5.07. The van der Waals surface area contributed by atoms with Crippen LogP contribution in [0.3, 0.4) is 0 Å². The molecule has 9 heteroatoms. The molecule has 0 bridgehead atoms. The zero-order valence-corrected chi connectivity index (χ0v) is 6.03. The van der Waals surface area contributed by atoms with Gasteiger partial charge >= 0.3 is 16.3 Å². The van der Waals surface area contributed by atoms with Gasteiger partial charge in [-0.15, -0.1) is 0 Å². The fourth-order valence-corrected chi connectivity index (χ4v) is 0.756. The van der Waals surface area contributed by atoms with Crippen molar-refractivity contribution in [3.63, 3.8) is 0 Å². The minimum absolute atomic E-state index is 3.99. The summed E-state index contributed by atoms with van der Waals surface area (Å²) >= 11 is 0. The highest BCUT2D eigenvalue weighted by Gasteiger charge is 2.51. The van der Waals surface area contributed by atoms with E-state index in [-0.39, 0.29) is 0 Å². The van der Waals surface area contributed by atoms with E-state index < -0.39 is 28.0 Å². The van der Waals surface area contributed by atoms with E-state index >= 15 is 0 Å². The SMILES string of the molecule is O=S(=O)(O)C(F)C(F)C(F)(F)F. The Bertz CT molecular complexity index is 243. The van der Waals surface area contributed by atoms with E-state index in [0.29, 0.717) is 0 Å². The van der Waals surface area contributed by atoms with Gasteiger partial charge in [-0.05, 0) is 0 Å². The van der Waals surface area contributed by atoms with Crippen molar-refractivity contribution in [2.45, 2.75) is 17.9 Å². The predicted molar refractivity (Wildman–Crippen MR) is 27.4 cm³/mol. The Hall–Kier alpha value is -0.440. The Morgan fingerprint density at radius 1 is 1.17 bits per heavy atom. The topological polar surface area (TPSA) is 54.4 Å². The van der Waals surface area contributed by atoms with Crippen LogP contribution in [0.4, 0.5) is 22.0 Å². The Kier molecular flexibility index (Phi) is 3.02. The molecule has 0 saturated heterocycles. The van der Waals surface area contributed by atoms with Gasteiger partial charge in [-0.3, -0.25) is 4.55 Å². The third-order valence-corrected chi connectivity index (χ3v) is 1.64. The van der Waals surface area contributed by atoms with Crippen LogP contribution in [0.25, 0.3) is 0 Å². The van der Waals surface area contributed by atoms with Gasteiger partial charge < -0.3 is 0 Å². The second-order valence-electron chi connectivity index (χ2n) is 1.81. The molecule has 0 radical (unpaired) electrons. The van der Waals surface area contributed by atoms with E-state index in [1.807, 2.05) is 0 Å². The third kappa shape index (κ3) is 2.89. The highest BCUT2D eigenvalue weighted by molar-refractivity contribution is 7.86. The summed E-state index contributed by atoms with van der Waals surface area (Å²) in [6.45, 7) is 0. The van der Waals surface area contributed by atoms with E-state index in [9.17, 15) is 30.4 Å². The number of hydrogen-bond acceptors (Lipinski definition) is 2. The van der Waals surface area contributed by atoms with Gasteiger partial charge in [0.25, 0.3) is 5.50 Å². The second kappa shape index (κ2) is 3.13. The van der Waals surface area contributed by atoms with Crippen LogP contribution < -0.4 is 0 Å². The van der Waals surface area contributed by atoms with Crippen LogP contribution in [0.2, 0.25) is 0 Å². The zero-order valence-electron chi connectivity index (χ0n) is 5.22. The van der Waals surface area contributed by atoms with Crippen molar-refractivity contribution in [2.75, 3.05) is 0 Å². The van der Waals surface area contributed by atoms with Crippen molar-refractivity contribution in [3.05, 3.63) is 0 Å². The van der Waals surface area contributed by atoms with Crippen LogP contribution in [0.1, 0.15) is 0 Å². The first kappa shape index (κ1) is 11.6. The molecule has 0 heterocycles. The lowest BCUT2D eigenvalue weighted by Gasteiger charge is -2.13. The molecule has 0 aliphatic rings. The molecule has 0 fully saturated rings. The first-order valence-corrected chi connectivity index (χ1v) is 3.88. The monoisotopic (exact) mass is 214 g/mol. The minimum Gasteiger partial charge on any atom is -0.283 e. The van der Waals surface area contributed by atoms with Gasteiger partial charge in [-0.2, -0.15) is 21.6 Å². The molecule has 74 valence electrons. The van der Waals surface area contributed by atoms with Gasteiger partial charge in [-0.25, -0.2) is 8.78 Å². The van der Waals surface area contributed by atoms with Crippen LogP contribution in [0.15, 0.2) is 0 Å². The van der Waals surface area contributed by atoms with E-state index in [4.69, 9.17) is 4.55 Å². The predicted octanol–water partition coefficient (Wildman–Crippen LogP) is 1.07. The summed E-state index contributed by atoms with van der Waals surface area (Å²) in [7, 11) is -5.65. The van der Waals surface area contributed by atoms with Crippen LogP contribution in [-0.2, 0) is 10.1 Å². The molecular formula is C3H3F5O3S. The van der Waals surface area contributed by atoms with Crippen molar-refractivity contribution in [1.29, 1.82) is 0 Å². The van der Waals surface area contributed by atoms with Crippen molar-refractivity contribution in [1.82, 2.24) is 0 Å². The molecule has 2 atom stereocenters. The molecule has 12 heavy (non-hydrogen) atoms. The lowest BCUT2D eigenvalue weighted by molar-refractivity contribution is -0.188. The molecule has 0 aliphatic heterocycles. The molecule has 0 saturated carbocycles. The largest absolute Gasteiger partial charge is 0.423 e. The molecular weight excluding hydrogens is 211 g/mol. The van der Waals surface area contributed by atoms with E-state index in [1.54, 1.807) is 0 Å². The standard InChI is InChI=1S/C3H3F5O3S/c4-1(3(6,7)8)2(5)12(9,10)11/h1-2H,(H,9,10,11). The average molecular weight is 214 g/mol. The Morgan fingerprint density at radius 3 is 1.58 bits per heavy atom. The quantitative estimate of drug-likeness (QED) is 0.552. The lowest BCUT2D eigenvalue weighted by Crippen LogP contribution is -2.38. The zero-order chi connectivity index (χ0) is 10.2. The van der Waals surface area contributed by atoms with E-state index in [1.165, 1.54) is 0 Å². The lowest BCUT2D eigenvalue weighted by atomic mass is 10.4. The smallest absolute Gasteiger partial charge is 0.283 e. The summed E-state index contributed by atoms with van der Waals surface area (Å²) in [6, 6.07) is 0. The summed E-state index contributed by atoms with van der Waals surface area (Å²) in [5.41, 5.74) is -3.99. The molecule has 2 unspecified atom stereocenters. The van der Waals surface area contributed by atoms with Crippen molar-refractivity contribution >= 4 is 10.1 Å². The first-order valence-electron chi connectivity index (χ1n) is 2.38. The minimum atomic E-state index is -5.65. The molecule has 0 rings (SSSR count). The Morgan fingerprint density at radius 2 is 1.50 bits per heavy atom. The van der Waals surface area contributed by atoms with Gasteiger partial charge in [0.05, 0.1) is 0 Å². The maximum Gasteiger partial charge on any atom is 0.423 e. The summed E-state index contributed by atoms with van der Waals surface area (Å²) in [4.78, 5) is 0. The molecule has 0 aromatic carbocycles. The van der Waals surface area contributed by atoms with Crippen LogP contribution >= 0.6 is 0 Å². The third-order valence-electron chi connectivity index (χ3n) is 0.827. The van der Waals surface area contributed by atoms with Gasteiger partial charge in [0.1, 0.15) is 0 Å². The van der Waals surface area contributed by atoms with E-state index in [0.717, 1.165) is 0 Å². The fraction of sp³-hybridized carbons (Fsp3) is 1.00. The van der Waals surface area contributed by atoms with Gasteiger partial charge in [0.2, 0.25) is 6.17 Å². The van der Waals surface area contributed by atoms with Crippen LogP contribution in [-0.4, -0.2) is 30.8 Å². The normalized spacial score (nSPS) is 18.8. The Balaban J connectivity index is 4.64. The van der Waals surface area contributed by atoms with Gasteiger partial charge in [-0.1, -0.05) is 0 Å². The molecule has 0 spiro atoms. The fourth-order valence-electron chi connectivity index (χ4n) is 0.300. The second-order valence-corrected chi connectivity index (χ2v) is 3.29. The Labute approximate surface area is 63.9 Å². The maximum atomic E-state index is 11.9.